The SMILES string of the molecule is c1ccc(-c2cccc3cccc(-c4ccc(N(c5ccc(C67CC8CC(CC(C8)C6)C7)cc5)c5cccc(-c6cccc(-n7c8ccccc8c8ccccc87)c6)c5)cc4)c23)cc1. The fraction of sp³-hybridized carbons (Fsp3) is 0.161. The van der Waals surface area contributed by atoms with Crippen molar-refractivity contribution in [2.24, 2.45) is 17.8 Å². The number of para-hydroxylation sites is 2. The van der Waals surface area contributed by atoms with Crippen molar-refractivity contribution >= 4 is 49.6 Å². The van der Waals surface area contributed by atoms with Crippen LogP contribution < -0.4 is 4.90 Å². The van der Waals surface area contributed by atoms with Gasteiger partial charge in [0.2, 0.25) is 0 Å². The van der Waals surface area contributed by atoms with E-state index >= 15 is 0 Å². The lowest BCUT2D eigenvalue weighted by Gasteiger charge is -2.57. The Labute approximate surface area is 376 Å². The minimum absolute atomic E-state index is 0.359. The molecule has 1 heterocycles. The van der Waals surface area contributed by atoms with Crippen molar-refractivity contribution in [2.75, 3.05) is 4.90 Å². The highest BCUT2D eigenvalue weighted by Gasteiger charge is 2.51. The fourth-order valence-corrected chi connectivity index (χ4v) is 13.0. The molecule has 308 valence electrons. The van der Waals surface area contributed by atoms with E-state index in [0.717, 1.165) is 34.8 Å². The normalized spacial score (nSPS) is 20.0. The van der Waals surface area contributed by atoms with Crippen LogP contribution in [0.3, 0.4) is 0 Å². The standard InChI is InChI=1S/C62H50N2/c1-2-12-45(13-3-1)55-22-10-14-47-15-11-23-56(61(47)55)46-26-30-51(31-27-46)63(52-32-28-50(29-33-52)62-39-42-34-43(40-62)36-44(35-42)41-62)53-18-8-16-48(37-53)49-17-9-19-54(38-49)64-59-24-6-4-20-57(59)58-21-5-7-25-60(58)64/h1-33,37-38,42-44H,34-36,39-41H2. The largest absolute Gasteiger partial charge is 0.310 e. The van der Waals surface area contributed by atoms with Crippen LogP contribution in [0.1, 0.15) is 44.1 Å². The predicted molar refractivity (Wildman–Crippen MR) is 269 cm³/mol. The minimum atomic E-state index is 0.359. The molecular weight excluding hydrogens is 773 g/mol. The van der Waals surface area contributed by atoms with Crippen molar-refractivity contribution in [3.8, 4) is 39.1 Å². The third-order valence-electron chi connectivity index (χ3n) is 15.3. The van der Waals surface area contributed by atoms with Gasteiger partial charge in [-0.2, -0.15) is 0 Å². The number of hydrogen-bond acceptors (Lipinski definition) is 1. The number of fused-ring (bicyclic) bond motifs is 4. The second kappa shape index (κ2) is 15.0. The van der Waals surface area contributed by atoms with Crippen molar-refractivity contribution in [3.63, 3.8) is 0 Å². The van der Waals surface area contributed by atoms with Crippen LogP contribution in [0.5, 0.6) is 0 Å². The zero-order valence-electron chi connectivity index (χ0n) is 36.1. The van der Waals surface area contributed by atoms with Crippen LogP contribution in [0.25, 0.3) is 71.6 Å². The maximum absolute atomic E-state index is 2.49. The fourth-order valence-electron chi connectivity index (χ4n) is 13.0. The van der Waals surface area contributed by atoms with Crippen LogP contribution in [-0.2, 0) is 5.41 Å². The third-order valence-corrected chi connectivity index (χ3v) is 15.3. The van der Waals surface area contributed by atoms with Crippen molar-refractivity contribution in [1.29, 1.82) is 0 Å². The summed E-state index contributed by atoms with van der Waals surface area (Å²) in [6, 6.07) is 79.0. The molecule has 64 heavy (non-hydrogen) atoms. The molecule has 0 saturated heterocycles. The van der Waals surface area contributed by atoms with E-state index in [9.17, 15) is 0 Å². The summed E-state index contributed by atoms with van der Waals surface area (Å²) in [7, 11) is 0. The molecule has 0 unspecified atom stereocenters. The van der Waals surface area contributed by atoms with Crippen molar-refractivity contribution in [1.82, 2.24) is 4.57 Å². The van der Waals surface area contributed by atoms with E-state index < -0.39 is 0 Å². The molecule has 9 aromatic carbocycles. The van der Waals surface area contributed by atoms with Gasteiger partial charge in [-0.05, 0) is 172 Å². The first-order valence-electron chi connectivity index (χ1n) is 23.4. The Kier molecular flexibility index (Phi) is 8.76. The average Bonchev–Trinajstić information content (AvgIpc) is 3.69. The van der Waals surface area contributed by atoms with Gasteiger partial charge in [-0.25, -0.2) is 0 Å². The van der Waals surface area contributed by atoms with E-state index in [1.54, 1.807) is 5.56 Å². The molecule has 0 radical (unpaired) electrons. The molecule has 2 heteroatoms. The zero-order chi connectivity index (χ0) is 42.2. The smallest absolute Gasteiger partial charge is 0.0541 e. The first-order valence-corrected chi connectivity index (χ1v) is 23.4. The monoisotopic (exact) mass is 822 g/mol. The molecule has 10 aromatic rings. The molecule has 0 N–H and O–H groups in total. The Balaban J connectivity index is 0.912. The number of anilines is 3. The second-order valence-corrected chi connectivity index (χ2v) is 19.2. The van der Waals surface area contributed by atoms with Gasteiger partial charge in [0.15, 0.2) is 0 Å². The lowest BCUT2D eigenvalue weighted by Crippen LogP contribution is -2.48. The number of nitrogens with zero attached hydrogens (tertiary/aromatic N) is 2. The van der Waals surface area contributed by atoms with Crippen LogP contribution in [0.15, 0.2) is 212 Å². The summed E-state index contributed by atoms with van der Waals surface area (Å²) in [6.07, 6.45) is 8.51. The summed E-state index contributed by atoms with van der Waals surface area (Å²) >= 11 is 0. The molecule has 0 spiro atoms. The van der Waals surface area contributed by atoms with E-state index in [0.29, 0.717) is 5.41 Å². The molecule has 4 aliphatic rings. The summed E-state index contributed by atoms with van der Waals surface area (Å²) in [5.41, 5.74) is 16.4. The van der Waals surface area contributed by atoms with E-state index in [2.05, 4.69) is 222 Å². The van der Waals surface area contributed by atoms with Crippen LogP contribution in [0.2, 0.25) is 0 Å². The molecule has 4 bridgehead atoms. The lowest BCUT2D eigenvalue weighted by atomic mass is 9.48. The van der Waals surface area contributed by atoms with Gasteiger partial charge in [-0.15, -0.1) is 0 Å². The Bertz CT molecular complexity index is 3260. The van der Waals surface area contributed by atoms with Crippen LogP contribution >= 0.6 is 0 Å². The highest BCUT2D eigenvalue weighted by atomic mass is 15.1. The van der Waals surface area contributed by atoms with Gasteiger partial charge >= 0.3 is 0 Å². The lowest BCUT2D eigenvalue weighted by molar-refractivity contribution is -0.00518. The zero-order valence-corrected chi connectivity index (χ0v) is 36.1. The molecule has 4 saturated carbocycles. The second-order valence-electron chi connectivity index (χ2n) is 19.2. The molecular formula is C62H50N2. The predicted octanol–water partition coefficient (Wildman–Crippen LogP) is 16.9. The van der Waals surface area contributed by atoms with Gasteiger partial charge in [-0.3, -0.25) is 0 Å². The highest BCUT2D eigenvalue weighted by Crippen LogP contribution is 2.61. The van der Waals surface area contributed by atoms with Crippen LogP contribution in [0, 0.1) is 17.8 Å². The summed E-state index contributed by atoms with van der Waals surface area (Å²) in [6.45, 7) is 0. The molecule has 4 aliphatic carbocycles. The Morgan fingerprint density at radius 1 is 0.391 bits per heavy atom. The number of rotatable bonds is 8. The van der Waals surface area contributed by atoms with E-state index in [-0.39, 0.29) is 0 Å². The van der Waals surface area contributed by atoms with Crippen molar-refractivity contribution in [2.45, 2.75) is 43.9 Å². The van der Waals surface area contributed by atoms with Gasteiger partial charge < -0.3 is 9.47 Å². The van der Waals surface area contributed by atoms with Gasteiger partial charge in [0.25, 0.3) is 0 Å². The van der Waals surface area contributed by atoms with Crippen molar-refractivity contribution in [3.05, 3.63) is 218 Å². The van der Waals surface area contributed by atoms with Gasteiger partial charge in [0.05, 0.1) is 11.0 Å². The van der Waals surface area contributed by atoms with Gasteiger partial charge in [0.1, 0.15) is 0 Å². The maximum Gasteiger partial charge on any atom is 0.0541 e. The summed E-state index contributed by atoms with van der Waals surface area (Å²) < 4.78 is 2.41. The molecule has 2 nitrogen and oxygen atoms in total. The Morgan fingerprint density at radius 2 is 0.891 bits per heavy atom. The number of hydrogen-bond donors (Lipinski definition) is 0. The highest BCUT2D eigenvalue weighted by molar-refractivity contribution is 6.09. The average molecular weight is 823 g/mol. The quantitative estimate of drug-likeness (QED) is 0.148. The number of aromatic nitrogens is 1. The first-order chi connectivity index (χ1) is 31.6. The Hall–Kier alpha value is -7.16. The van der Waals surface area contributed by atoms with Crippen molar-refractivity contribution < 1.29 is 0 Å². The van der Waals surface area contributed by atoms with Gasteiger partial charge in [0, 0.05) is 33.5 Å². The topological polar surface area (TPSA) is 8.17 Å². The number of benzene rings is 9. The molecule has 1 aromatic heterocycles. The molecule has 4 fully saturated rings. The molecule has 0 amide bonds. The van der Waals surface area contributed by atoms with E-state index in [1.807, 2.05) is 0 Å². The third kappa shape index (κ3) is 6.22. The minimum Gasteiger partial charge on any atom is -0.310 e. The summed E-state index contributed by atoms with van der Waals surface area (Å²) in [5.74, 6) is 2.76. The van der Waals surface area contributed by atoms with Crippen LogP contribution in [-0.4, -0.2) is 4.57 Å². The summed E-state index contributed by atoms with van der Waals surface area (Å²) in [4.78, 5) is 2.46. The summed E-state index contributed by atoms with van der Waals surface area (Å²) in [5, 5.41) is 5.09. The molecule has 0 atom stereocenters. The molecule has 0 aliphatic heterocycles. The maximum atomic E-state index is 2.49. The van der Waals surface area contributed by atoms with E-state index in [4.69, 9.17) is 0 Å². The van der Waals surface area contributed by atoms with Crippen LogP contribution in [0.4, 0.5) is 17.1 Å². The van der Waals surface area contributed by atoms with E-state index in [1.165, 1.54) is 110 Å². The van der Waals surface area contributed by atoms with Gasteiger partial charge in [-0.1, -0.05) is 152 Å². The first kappa shape index (κ1) is 37.4. The molecule has 14 rings (SSSR count). The Morgan fingerprint density at radius 3 is 1.52 bits per heavy atom.